The van der Waals surface area contributed by atoms with Gasteiger partial charge in [-0.2, -0.15) is 0 Å². The lowest BCUT2D eigenvalue weighted by Gasteiger charge is -2.18. The first-order valence-corrected chi connectivity index (χ1v) is 5.37. The van der Waals surface area contributed by atoms with Crippen molar-refractivity contribution < 1.29 is 14.3 Å². The first-order chi connectivity index (χ1) is 7.36. The average molecular weight is 208 g/mol. The molecule has 0 saturated carbocycles. The molecule has 2 heterocycles. The standard InChI is InChI=1S/C12H16O3/c13-12(10-3-1-7-14-9-10)6-5-11-4-2-8-15-11/h2,4,8-9,12-13H,1,3,5-7H2. The van der Waals surface area contributed by atoms with Crippen LogP contribution in [0, 0.1) is 0 Å². The number of aliphatic hydroxyl groups excluding tert-OH is 1. The molecule has 1 aromatic heterocycles. The second-order valence-corrected chi connectivity index (χ2v) is 3.80. The molecule has 1 aliphatic heterocycles. The van der Waals surface area contributed by atoms with Crippen LogP contribution in [-0.4, -0.2) is 17.8 Å². The summed E-state index contributed by atoms with van der Waals surface area (Å²) < 4.78 is 10.4. The van der Waals surface area contributed by atoms with E-state index in [4.69, 9.17) is 9.15 Å². The highest BCUT2D eigenvalue weighted by molar-refractivity contribution is 5.08. The van der Waals surface area contributed by atoms with E-state index in [2.05, 4.69) is 0 Å². The summed E-state index contributed by atoms with van der Waals surface area (Å²) in [5, 5.41) is 9.88. The van der Waals surface area contributed by atoms with Gasteiger partial charge in [0.2, 0.25) is 0 Å². The Balaban J connectivity index is 1.81. The van der Waals surface area contributed by atoms with E-state index >= 15 is 0 Å². The number of ether oxygens (including phenoxy) is 1. The molecular formula is C12H16O3. The van der Waals surface area contributed by atoms with Gasteiger partial charge in [-0.15, -0.1) is 0 Å². The second kappa shape index (κ2) is 5.03. The lowest BCUT2D eigenvalue weighted by molar-refractivity contribution is 0.161. The predicted molar refractivity (Wildman–Crippen MR) is 56.3 cm³/mol. The number of aliphatic hydroxyl groups is 1. The number of hydrogen-bond acceptors (Lipinski definition) is 3. The fourth-order valence-electron chi connectivity index (χ4n) is 1.75. The molecule has 0 saturated heterocycles. The molecule has 1 unspecified atom stereocenters. The molecule has 2 rings (SSSR count). The Morgan fingerprint density at radius 3 is 3.07 bits per heavy atom. The van der Waals surface area contributed by atoms with Crippen LogP contribution in [0.15, 0.2) is 34.6 Å². The zero-order chi connectivity index (χ0) is 10.5. The van der Waals surface area contributed by atoms with Crippen molar-refractivity contribution in [3.8, 4) is 0 Å². The number of aryl methyl sites for hydroxylation is 1. The van der Waals surface area contributed by atoms with Crippen molar-refractivity contribution in [1.29, 1.82) is 0 Å². The van der Waals surface area contributed by atoms with Gasteiger partial charge in [0.15, 0.2) is 0 Å². The largest absolute Gasteiger partial charge is 0.501 e. The van der Waals surface area contributed by atoms with E-state index in [1.165, 1.54) is 0 Å². The molecule has 82 valence electrons. The summed E-state index contributed by atoms with van der Waals surface area (Å²) in [6.45, 7) is 0.772. The summed E-state index contributed by atoms with van der Waals surface area (Å²) in [4.78, 5) is 0. The highest BCUT2D eigenvalue weighted by Gasteiger charge is 2.14. The average Bonchev–Trinajstić information content (AvgIpc) is 2.80. The monoisotopic (exact) mass is 208 g/mol. The third kappa shape index (κ3) is 2.86. The normalized spacial score (nSPS) is 18.1. The molecule has 15 heavy (non-hydrogen) atoms. The van der Waals surface area contributed by atoms with E-state index in [-0.39, 0.29) is 0 Å². The second-order valence-electron chi connectivity index (χ2n) is 3.80. The van der Waals surface area contributed by atoms with Crippen LogP contribution in [0.5, 0.6) is 0 Å². The summed E-state index contributed by atoms with van der Waals surface area (Å²) in [5.41, 5.74) is 1.01. The molecule has 0 aliphatic carbocycles. The Morgan fingerprint density at radius 2 is 2.40 bits per heavy atom. The Labute approximate surface area is 89.4 Å². The smallest absolute Gasteiger partial charge is 0.103 e. The van der Waals surface area contributed by atoms with E-state index < -0.39 is 6.10 Å². The van der Waals surface area contributed by atoms with Crippen LogP contribution < -0.4 is 0 Å². The third-order valence-electron chi connectivity index (χ3n) is 2.63. The highest BCUT2D eigenvalue weighted by atomic mass is 16.5. The maximum atomic E-state index is 9.88. The Kier molecular flexibility index (Phi) is 3.45. The minimum absolute atomic E-state index is 0.393. The molecule has 0 aromatic carbocycles. The minimum atomic E-state index is -0.393. The third-order valence-corrected chi connectivity index (χ3v) is 2.63. The van der Waals surface area contributed by atoms with E-state index in [0.29, 0.717) is 6.42 Å². The van der Waals surface area contributed by atoms with Crippen LogP contribution in [0.25, 0.3) is 0 Å². The van der Waals surface area contributed by atoms with Crippen LogP contribution in [0.3, 0.4) is 0 Å². The fraction of sp³-hybridized carbons (Fsp3) is 0.500. The first-order valence-electron chi connectivity index (χ1n) is 5.37. The minimum Gasteiger partial charge on any atom is -0.501 e. The molecule has 3 nitrogen and oxygen atoms in total. The van der Waals surface area contributed by atoms with Crippen LogP contribution >= 0.6 is 0 Å². The van der Waals surface area contributed by atoms with Gasteiger partial charge in [0.05, 0.1) is 25.2 Å². The SMILES string of the molecule is OC(CCc1ccco1)C1=COCCC1. The number of hydrogen-bond donors (Lipinski definition) is 1. The molecule has 0 fully saturated rings. The van der Waals surface area contributed by atoms with Crippen molar-refractivity contribution >= 4 is 0 Å². The number of furan rings is 1. The van der Waals surface area contributed by atoms with Crippen molar-refractivity contribution in [2.45, 2.75) is 31.8 Å². The molecule has 0 radical (unpaired) electrons. The zero-order valence-electron chi connectivity index (χ0n) is 8.69. The number of rotatable bonds is 4. The van der Waals surface area contributed by atoms with Crippen molar-refractivity contribution in [2.24, 2.45) is 0 Å². The van der Waals surface area contributed by atoms with E-state index in [1.54, 1.807) is 12.5 Å². The molecular weight excluding hydrogens is 192 g/mol. The molecule has 3 heteroatoms. The molecule has 1 atom stereocenters. The maximum absolute atomic E-state index is 9.88. The summed E-state index contributed by atoms with van der Waals surface area (Å²) in [7, 11) is 0. The fourth-order valence-corrected chi connectivity index (χ4v) is 1.75. The Hall–Kier alpha value is -1.22. The first kappa shape index (κ1) is 10.3. The van der Waals surface area contributed by atoms with Crippen LogP contribution in [0.4, 0.5) is 0 Å². The quantitative estimate of drug-likeness (QED) is 0.825. The molecule has 0 spiro atoms. The van der Waals surface area contributed by atoms with Gasteiger partial charge in [0, 0.05) is 6.42 Å². The molecule has 1 aliphatic rings. The summed E-state index contributed by atoms with van der Waals surface area (Å²) in [5.74, 6) is 0.923. The molecule has 1 N–H and O–H groups in total. The van der Waals surface area contributed by atoms with Crippen LogP contribution in [0.2, 0.25) is 0 Å². The van der Waals surface area contributed by atoms with Crippen LogP contribution in [0.1, 0.15) is 25.0 Å². The zero-order valence-corrected chi connectivity index (χ0v) is 8.69. The Bertz CT molecular complexity index is 314. The van der Waals surface area contributed by atoms with Gasteiger partial charge < -0.3 is 14.3 Å². The summed E-state index contributed by atoms with van der Waals surface area (Å²) >= 11 is 0. The lowest BCUT2D eigenvalue weighted by Crippen LogP contribution is -2.15. The van der Waals surface area contributed by atoms with Crippen molar-refractivity contribution in [3.05, 3.63) is 36.0 Å². The molecule has 0 amide bonds. The van der Waals surface area contributed by atoms with Crippen molar-refractivity contribution in [3.63, 3.8) is 0 Å². The van der Waals surface area contributed by atoms with Crippen molar-refractivity contribution in [1.82, 2.24) is 0 Å². The van der Waals surface area contributed by atoms with Gasteiger partial charge in [-0.25, -0.2) is 0 Å². The molecule has 1 aromatic rings. The highest BCUT2D eigenvalue weighted by Crippen LogP contribution is 2.19. The summed E-state index contributed by atoms with van der Waals surface area (Å²) in [6.07, 6.45) is 6.38. The van der Waals surface area contributed by atoms with Gasteiger partial charge in [0.1, 0.15) is 5.76 Å². The van der Waals surface area contributed by atoms with Crippen LogP contribution in [-0.2, 0) is 11.2 Å². The van der Waals surface area contributed by atoms with Gasteiger partial charge >= 0.3 is 0 Å². The Morgan fingerprint density at radius 1 is 1.47 bits per heavy atom. The van der Waals surface area contributed by atoms with Gasteiger partial charge in [-0.1, -0.05) is 0 Å². The van der Waals surface area contributed by atoms with E-state index in [1.807, 2.05) is 12.1 Å². The van der Waals surface area contributed by atoms with Gasteiger partial charge in [0.25, 0.3) is 0 Å². The molecule has 0 bridgehead atoms. The predicted octanol–water partition coefficient (Wildman–Crippen LogP) is 2.27. The topological polar surface area (TPSA) is 42.6 Å². The summed E-state index contributed by atoms with van der Waals surface area (Å²) in [6, 6.07) is 3.79. The van der Waals surface area contributed by atoms with Gasteiger partial charge in [-0.05, 0) is 37.0 Å². The van der Waals surface area contributed by atoms with Crippen molar-refractivity contribution in [2.75, 3.05) is 6.61 Å². The van der Waals surface area contributed by atoms with Gasteiger partial charge in [-0.3, -0.25) is 0 Å². The lowest BCUT2D eigenvalue weighted by atomic mass is 10.0. The maximum Gasteiger partial charge on any atom is 0.103 e. The van der Waals surface area contributed by atoms with E-state index in [9.17, 15) is 5.11 Å². The van der Waals surface area contributed by atoms with E-state index in [0.717, 1.165) is 37.2 Å².